The molecule has 0 unspecified atom stereocenters. The molecule has 6 nitrogen and oxygen atoms in total. The summed E-state index contributed by atoms with van der Waals surface area (Å²) in [5.41, 5.74) is 2.30. The number of hydrogen-bond donors (Lipinski definition) is 1. The Labute approximate surface area is 188 Å². The molecule has 0 saturated heterocycles. The van der Waals surface area contributed by atoms with Gasteiger partial charge in [-0.25, -0.2) is 4.98 Å². The highest BCUT2D eigenvalue weighted by Gasteiger charge is 2.17. The largest absolute Gasteiger partial charge is 0.352 e. The molecule has 0 aliphatic carbocycles. The van der Waals surface area contributed by atoms with Gasteiger partial charge in [0.15, 0.2) is 0 Å². The van der Waals surface area contributed by atoms with Gasteiger partial charge >= 0.3 is 0 Å². The van der Waals surface area contributed by atoms with Crippen molar-refractivity contribution in [3.05, 3.63) is 64.9 Å². The quantitative estimate of drug-likeness (QED) is 0.510. The molecule has 0 saturated carbocycles. The standard InChI is InChI=1S/C24H29ClN4O2/c1-3-14-28(15-4-2)23(30)17-29-21-11-6-5-10-20(21)27-22(29)12-13-26-24(31)18-8-7-9-19(25)16-18/h5-11,16H,3-4,12-15,17H2,1-2H3,(H,26,31). The van der Waals surface area contributed by atoms with Crippen molar-refractivity contribution in [1.29, 1.82) is 0 Å². The minimum absolute atomic E-state index is 0.0936. The van der Waals surface area contributed by atoms with Gasteiger partial charge in [-0.3, -0.25) is 9.59 Å². The van der Waals surface area contributed by atoms with E-state index in [9.17, 15) is 9.59 Å². The number of fused-ring (bicyclic) bond motifs is 1. The van der Waals surface area contributed by atoms with Crippen molar-refractivity contribution in [1.82, 2.24) is 19.8 Å². The van der Waals surface area contributed by atoms with E-state index in [0.29, 0.717) is 23.6 Å². The van der Waals surface area contributed by atoms with Crippen LogP contribution in [0.5, 0.6) is 0 Å². The molecule has 2 aromatic carbocycles. The zero-order valence-corrected chi connectivity index (χ0v) is 18.9. The first-order valence-electron chi connectivity index (χ1n) is 10.8. The summed E-state index contributed by atoms with van der Waals surface area (Å²) >= 11 is 5.97. The van der Waals surface area contributed by atoms with Gasteiger partial charge in [0, 0.05) is 36.6 Å². The van der Waals surface area contributed by atoms with E-state index in [1.54, 1.807) is 24.3 Å². The number of aromatic nitrogens is 2. The number of benzene rings is 2. The lowest BCUT2D eigenvalue weighted by molar-refractivity contribution is -0.131. The Bertz CT molecular complexity index is 1040. The van der Waals surface area contributed by atoms with Crippen LogP contribution in [0.3, 0.4) is 0 Å². The number of nitrogens with zero attached hydrogens (tertiary/aromatic N) is 3. The molecule has 7 heteroatoms. The van der Waals surface area contributed by atoms with Crippen LogP contribution in [-0.2, 0) is 17.8 Å². The number of carbonyl (C=O) groups excluding carboxylic acids is 2. The average Bonchev–Trinajstić information content (AvgIpc) is 3.10. The van der Waals surface area contributed by atoms with E-state index in [4.69, 9.17) is 16.6 Å². The molecule has 1 heterocycles. The van der Waals surface area contributed by atoms with Gasteiger partial charge in [0.05, 0.1) is 11.0 Å². The van der Waals surface area contributed by atoms with Gasteiger partial charge in [0.1, 0.15) is 12.4 Å². The van der Waals surface area contributed by atoms with E-state index in [1.165, 1.54) is 0 Å². The van der Waals surface area contributed by atoms with E-state index in [0.717, 1.165) is 42.8 Å². The molecular formula is C24H29ClN4O2. The fourth-order valence-corrected chi connectivity index (χ4v) is 3.84. The molecule has 0 radical (unpaired) electrons. The molecule has 0 spiro atoms. The normalized spacial score (nSPS) is 10.9. The molecule has 1 aromatic heterocycles. The van der Waals surface area contributed by atoms with Crippen molar-refractivity contribution >= 4 is 34.4 Å². The predicted molar refractivity (Wildman–Crippen MR) is 124 cm³/mol. The minimum atomic E-state index is -0.182. The summed E-state index contributed by atoms with van der Waals surface area (Å²) in [6.07, 6.45) is 2.38. The number of rotatable bonds is 10. The van der Waals surface area contributed by atoms with Crippen molar-refractivity contribution in [2.24, 2.45) is 0 Å². The van der Waals surface area contributed by atoms with E-state index in [1.807, 2.05) is 33.7 Å². The second-order valence-electron chi connectivity index (χ2n) is 7.50. The Morgan fingerprint density at radius 3 is 2.52 bits per heavy atom. The van der Waals surface area contributed by atoms with Crippen LogP contribution in [-0.4, -0.2) is 45.9 Å². The molecule has 0 aliphatic rings. The summed E-state index contributed by atoms with van der Waals surface area (Å²) < 4.78 is 1.97. The lowest BCUT2D eigenvalue weighted by Crippen LogP contribution is -2.35. The average molecular weight is 441 g/mol. The molecule has 3 aromatic rings. The van der Waals surface area contributed by atoms with Crippen LogP contribution in [0.1, 0.15) is 42.9 Å². The number of hydrogen-bond acceptors (Lipinski definition) is 3. The predicted octanol–water partition coefficient (Wildman–Crippen LogP) is 4.31. The van der Waals surface area contributed by atoms with E-state index >= 15 is 0 Å². The van der Waals surface area contributed by atoms with Crippen molar-refractivity contribution in [3.8, 4) is 0 Å². The molecule has 31 heavy (non-hydrogen) atoms. The van der Waals surface area contributed by atoms with Crippen molar-refractivity contribution in [2.45, 2.75) is 39.7 Å². The molecule has 164 valence electrons. The van der Waals surface area contributed by atoms with Crippen LogP contribution in [0.15, 0.2) is 48.5 Å². The maximum Gasteiger partial charge on any atom is 0.251 e. The number of amides is 2. The maximum atomic E-state index is 13.0. The summed E-state index contributed by atoms with van der Waals surface area (Å²) in [4.78, 5) is 32.0. The van der Waals surface area contributed by atoms with Crippen LogP contribution in [0.4, 0.5) is 0 Å². The molecular weight excluding hydrogens is 412 g/mol. The maximum absolute atomic E-state index is 13.0. The van der Waals surface area contributed by atoms with Crippen LogP contribution in [0, 0.1) is 0 Å². The Balaban J connectivity index is 1.74. The first kappa shape index (κ1) is 22.8. The number of para-hydroxylation sites is 2. The summed E-state index contributed by atoms with van der Waals surface area (Å²) in [5.74, 6) is 0.697. The number of carbonyl (C=O) groups is 2. The summed E-state index contributed by atoms with van der Waals surface area (Å²) in [7, 11) is 0. The van der Waals surface area contributed by atoms with Crippen molar-refractivity contribution in [3.63, 3.8) is 0 Å². The number of nitrogens with one attached hydrogen (secondary N) is 1. The first-order valence-corrected chi connectivity index (χ1v) is 11.2. The molecule has 0 aliphatic heterocycles. The number of imidazole rings is 1. The van der Waals surface area contributed by atoms with Gasteiger partial charge < -0.3 is 14.8 Å². The highest BCUT2D eigenvalue weighted by atomic mass is 35.5. The highest BCUT2D eigenvalue weighted by molar-refractivity contribution is 6.30. The van der Waals surface area contributed by atoms with Gasteiger partial charge in [0.25, 0.3) is 5.91 Å². The SMILES string of the molecule is CCCN(CCC)C(=O)Cn1c(CCNC(=O)c2cccc(Cl)c2)nc2ccccc21. The summed E-state index contributed by atoms with van der Waals surface area (Å²) in [6.45, 7) is 6.33. The summed E-state index contributed by atoms with van der Waals surface area (Å²) in [6, 6.07) is 14.7. The molecule has 0 atom stereocenters. The van der Waals surface area contributed by atoms with Crippen LogP contribution < -0.4 is 5.32 Å². The van der Waals surface area contributed by atoms with Crippen molar-refractivity contribution < 1.29 is 9.59 Å². The third-order valence-electron chi connectivity index (χ3n) is 5.09. The van der Waals surface area contributed by atoms with Crippen LogP contribution >= 0.6 is 11.6 Å². The van der Waals surface area contributed by atoms with Crippen LogP contribution in [0.25, 0.3) is 11.0 Å². The minimum Gasteiger partial charge on any atom is -0.352 e. The van der Waals surface area contributed by atoms with Gasteiger partial charge in [-0.1, -0.05) is 43.6 Å². The van der Waals surface area contributed by atoms with Gasteiger partial charge in [-0.2, -0.15) is 0 Å². The fourth-order valence-electron chi connectivity index (χ4n) is 3.65. The Morgan fingerprint density at radius 1 is 1.06 bits per heavy atom. The molecule has 0 fully saturated rings. The molecule has 1 N–H and O–H groups in total. The Hall–Kier alpha value is -2.86. The first-order chi connectivity index (χ1) is 15.0. The topological polar surface area (TPSA) is 67.2 Å². The zero-order chi connectivity index (χ0) is 22.2. The van der Waals surface area contributed by atoms with Gasteiger partial charge in [-0.05, 0) is 43.2 Å². The lowest BCUT2D eigenvalue weighted by atomic mass is 10.2. The van der Waals surface area contributed by atoms with E-state index in [-0.39, 0.29) is 18.4 Å². The van der Waals surface area contributed by atoms with Crippen LogP contribution in [0.2, 0.25) is 5.02 Å². The molecule has 2 amide bonds. The van der Waals surface area contributed by atoms with E-state index in [2.05, 4.69) is 19.2 Å². The third-order valence-corrected chi connectivity index (χ3v) is 5.32. The second kappa shape index (κ2) is 11.0. The van der Waals surface area contributed by atoms with Gasteiger partial charge in [0.2, 0.25) is 5.91 Å². The van der Waals surface area contributed by atoms with Gasteiger partial charge in [-0.15, -0.1) is 0 Å². The lowest BCUT2D eigenvalue weighted by Gasteiger charge is -2.22. The smallest absolute Gasteiger partial charge is 0.251 e. The highest BCUT2D eigenvalue weighted by Crippen LogP contribution is 2.17. The molecule has 0 bridgehead atoms. The second-order valence-corrected chi connectivity index (χ2v) is 7.94. The zero-order valence-electron chi connectivity index (χ0n) is 18.1. The molecule has 3 rings (SSSR count). The van der Waals surface area contributed by atoms with E-state index < -0.39 is 0 Å². The number of halogens is 1. The van der Waals surface area contributed by atoms with Crippen molar-refractivity contribution in [2.75, 3.05) is 19.6 Å². The third kappa shape index (κ3) is 5.85. The Morgan fingerprint density at radius 2 is 1.81 bits per heavy atom. The Kier molecular flexibility index (Phi) is 8.06. The fraction of sp³-hybridized carbons (Fsp3) is 0.375. The summed E-state index contributed by atoms with van der Waals surface area (Å²) in [5, 5.41) is 3.44. The monoisotopic (exact) mass is 440 g/mol.